The number of hydrogen-bond donors (Lipinski definition) is 2. The van der Waals surface area contributed by atoms with Crippen molar-refractivity contribution in [3.8, 4) is 16.9 Å². The van der Waals surface area contributed by atoms with Crippen LogP contribution in [0.2, 0.25) is 0 Å². The van der Waals surface area contributed by atoms with Gasteiger partial charge < -0.3 is 11.1 Å². The van der Waals surface area contributed by atoms with Gasteiger partial charge in [-0.15, -0.1) is 0 Å². The number of aryl methyl sites for hydroxylation is 1. The fourth-order valence-corrected chi connectivity index (χ4v) is 3.04. The van der Waals surface area contributed by atoms with Crippen LogP contribution in [0.3, 0.4) is 0 Å². The van der Waals surface area contributed by atoms with Gasteiger partial charge in [0.2, 0.25) is 0 Å². The maximum atomic E-state index is 13.3. The molecule has 0 spiro atoms. The molecule has 6 nitrogen and oxygen atoms in total. The summed E-state index contributed by atoms with van der Waals surface area (Å²) in [4.78, 5) is 16.0. The zero-order chi connectivity index (χ0) is 20.4. The average Bonchev–Trinajstić information content (AvgIpc) is 3.12. The molecule has 2 aromatic carbocycles. The van der Waals surface area contributed by atoms with E-state index >= 15 is 0 Å². The van der Waals surface area contributed by atoms with Gasteiger partial charge in [0.25, 0.3) is 5.91 Å². The first-order valence-electron chi connectivity index (χ1n) is 8.97. The summed E-state index contributed by atoms with van der Waals surface area (Å²) in [7, 11) is 0. The number of benzene rings is 2. The second kappa shape index (κ2) is 7.55. The summed E-state index contributed by atoms with van der Waals surface area (Å²) in [6.07, 6.45) is 1.57. The van der Waals surface area contributed by atoms with E-state index in [9.17, 15) is 9.18 Å². The molecule has 29 heavy (non-hydrogen) atoms. The number of halogens is 1. The number of hydrogen-bond acceptors (Lipinski definition) is 4. The number of para-hydroxylation sites is 1. The Balaban J connectivity index is 1.85. The van der Waals surface area contributed by atoms with E-state index in [2.05, 4.69) is 10.3 Å². The first-order chi connectivity index (χ1) is 14.0. The standard InChI is InChI=1S/C22H18FN5O/c1-14-5-2-3-7-19(14)28-20(26-22-17(21(24)29)6-4-12-25-22)13-18(27-28)15-8-10-16(23)11-9-15/h2-13H,1H3,(H2,24,29)(H,25,26). The van der Waals surface area contributed by atoms with Crippen LogP contribution < -0.4 is 11.1 Å². The molecule has 0 saturated heterocycles. The van der Waals surface area contributed by atoms with Crippen molar-refractivity contribution in [2.45, 2.75) is 6.92 Å². The van der Waals surface area contributed by atoms with E-state index < -0.39 is 5.91 Å². The predicted molar refractivity (Wildman–Crippen MR) is 110 cm³/mol. The van der Waals surface area contributed by atoms with E-state index in [1.54, 1.807) is 35.1 Å². The smallest absolute Gasteiger partial charge is 0.252 e. The summed E-state index contributed by atoms with van der Waals surface area (Å²) >= 11 is 0. The van der Waals surface area contributed by atoms with Crippen molar-refractivity contribution in [3.05, 3.63) is 89.9 Å². The van der Waals surface area contributed by atoms with Crippen LogP contribution in [0, 0.1) is 12.7 Å². The minimum atomic E-state index is -0.582. The Kier molecular flexibility index (Phi) is 4.78. The molecule has 3 N–H and O–H groups in total. The number of primary amides is 1. The van der Waals surface area contributed by atoms with Crippen LogP contribution in [0.15, 0.2) is 72.9 Å². The molecule has 0 aliphatic carbocycles. The van der Waals surface area contributed by atoms with Gasteiger partial charge in [-0.2, -0.15) is 5.10 Å². The summed E-state index contributed by atoms with van der Waals surface area (Å²) in [6.45, 7) is 1.98. The molecule has 2 aromatic heterocycles. The molecule has 7 heteroatoms. The minimum absolute atomic E-state index is 0.272. The van der Waals surface area contributed by atoms with Crippen LogP contribution in [0.5, 0.6) is 0 Å². The third-order valence-corrected chi connectivity index (χ3v) is 4.51. The highest BCUT2D eigenvalue weighted by molar-refractivity contribution is 5.98. The number of nitrogens with two attached hydrogens (primary N) is 1. The molecule has 1 amide bonds. The van der Waals surface area contributed by atoms with Gasteiger partial charge in [-0.25, -0.2) is 14.1 Å². The maximum Gasteiger partial charge on any atom is 0.252 e. The van der Waals surface area contributed by atoms with Crippen molar-refractivity contribution in [2.75, 3.05) is 5.32 Å². The summed E-state index contributed by atoms with van der Waals surface area (Å²) in [5.74, 6) is 0.0338. The maximum absolute atomic E-state index is 13.3. The van der Waals surface area contributed by atoms with Gasteiger partial charge in [0, 0.05) is 17.8 Å². The lowest BCUT2D eigenvalue weighted by atomic mass is 10.1. The third-order valence-electron chi connectivity index (χ3n) is 4.51. The average molecular weight is 387 g/mol. The van der Waals surface area contributed by atoms with E-state index in [0.717, 1.165) is 16.8 Å². The van der Waals surface area contributed by atoms with E-state index in [-0.39, 0.29) is 11.4 Å². The van der Waals surface area contributed by atoms with Crippen LogP contribution >= 0.6 is 0 Å². The van der Waals surface area contributed by atoms with Gasteiger partial charge >= 0.3 is 0 Å². The van der Waals surface area contributed by atoms with E-state index in [4.69, 9.17) is 10.8 Å². The van der Waals surface area contributed by atoms with Gasteiger partial charge in [0.05, 0.1) is 16.9 Å². The van der Waals surface area contributed by atoms with E-state index in [0.29, 0.717) is 17.3 Å². The number of nitrogens with one attached hydrogen (secondary N) is 1. The van der Waals surface area contributed by atoms with Crippen molar-refractivity contribution in [1.29, 1.82) is 0 Å². The topological polar surface area (TPSA) is 85.8 Å². The largest absolute Gasteiger partial charge is 0.365 e. The predicted octanol–water partition coefficient (Wildman–Crippen LogP) is 4.22. The summed E-state index contributed by atoms with van der Waals surface area (Å²) in [5.41, 5.74) is 9.03. The summed E-state index contributed by atoms with van der Waals surface area (Å²) in [6, 6.07) is 19.0. The van der Waals surface area contributed by atoms with Crippen LogP contribution in [0.25, 0.3) is 16.9 Å². The fraction of sp³-hybridized carbons (Fsp3) is 0.0455. The molecule has 0 bridgehead atoms. The van der Waals surface area contributed by atoms with Gasteiger partial charge in [0.15, 0.2) is 0 Å². The zero-order valence-electron chi connectivity index (χ0n) is 15.6. The molecule has 0 radical (unpaired) electrons. The second-order valence-corrected chi connectivity index (χ2v) is 6.51. The molecule has 4 aromatic rings. The second-order valence-electron chi connectivity index (χ2n) is 6.51. The Morgan fingerprint density at radius 1 is 1.07 bits per heavy atom. The highest BCUT2D eigenvalue weighted by Gasteiger charge is 2.16. The Morgan fingerprint density at radius 3 is 2.55 bits per heavy atom. The van der Waals surface area contributed by atoms with Crippen LogP contribution in [0.1, 0.15) is 15.9 Å². The number of anilines is 2. The highest BCUT2D eigenvalue weighted by Crippen LogP contribution is 2.28. The SMILES string of the molecule is Cc1ccccc1-n1nc(-c2ccc(F)cc2)cc1Nc1ncccc1C(N)=O. The molecule has 0 saturated carbocycles. The van der Waals surface area contributed by atoms with Crippen molar-refractivity contribution in [2.24, 2.45) is 5.73 Å². The first kappa shape index (κ1) is 18.4. The lowest BCUT2D eigenvalue weighted by molar-refractivity contribution is 0.100. The molecular formula is C22H18FN5O. The molecule has 2 heterocycles. The Morgan fingerprint density at radius 2 is 1.83 bits per heavy atom. The van der Waals surface area contributed by atoms with Crippen molar-refractivity contribution in [1.82, 2.24) is 14.8 Å². The Labute approximate surface area is 166 Å². The molecule has 0 unspecified atom stereocenters. The lowest BCUT2D eigenvalue weighted by Gasteiger charge is -2.12. The van der Waals surface area contributed by atoms with Gasteiger partial charge in [0.1, 0.15) is 17.5 Å². The number of aromatic nitrogens is 3. The number of nitrogens with zero attached hydrogens (tertiary/aromatic N) is 3. The number of carbonyl (C=O) groups excluding carboxylic acids is 1. The van der Waals surface area contributed by atoms with Crippen LogP contribution in [0.4, 0.5) is 16.0 Å². The molecule has 0 aliphatic heterocycles. The first-order valence-corrected chi connectivity index (χ1v) is 8.97. The molecule has 0 fully saturated rings. The highest BCUT2D eigenvalue weighted by atomic mass is 19.1. The van der Waals surface area contributed by atoms with E-state index in [1.807, 2.05) is 37.3 Å². The van der Waals surface area contributed by atoms with Gasteiger partial charge in [-0.05, 0) is 55.0 Å². The normalized spacial score (nSPS) is 10.7. The summed E-state index contributed by atoms with van der Waals surface area (Å²) in [5, 5.41) is 7.86. The number of amides is 1. The molecule has 4 rings (SSSR count). The molecule has 0 atom stereocenters. The minimum Gasteiger partial charge on any atom is -0.365 e. The number of pyridine rings is 1. The van der Waals surface area contributed by atoms with Gasteiger partial charge in [-0.1, -0.05) is 18.2 Å². The van der Waals surface area contributed by atoms with Crippen molar-refractivity contribution >= 4 is 17.5 Å². The van der Waals surface area contributed by atoms with Crippen molar-refractivity contribution in [3.63, 3.8) is 0 Å². The molecule has 0 aliphatic rings. The number of carbonyl (C=O) groups is 1. The van der Waals surface area contributed by atoms with Gasteiger partial charge in [-0.3, -0.25) is 4.79 Å². The zero-order valence-corrected chi connectivity index (χ0v) is 15.6. The van der Waals surface area contributed by atoms with Crippen LogP contribution in [-0.2, 0) is 0 Å². The Hall–Kier alpha value is -4.00. The fourth-order valence-electron chi connectivity index (χ4n) is 3.04. The quantitative estimate of drug-likeness (QED) is 0.537. The van der Waals surface area contributed by atoms with Crippen LogP contribution in [-0.4, -0.2) is 20.7 Å². The Bertz CT molecular complexity index is 1180. The lowest BCUT2D eigenvalue weighted by Crippen LogP contribution is -2.15. The third kappa shape index (κ3) is 3.70. The number of rotatable bonds is 5. The molecular weight excluding hydrogens is 369 g/mol. The van der Waals surface area contributed by atoms with E-state index in [1.165, 1.54) is 12.1 Å². The summed E-state index contributed by atoms with van der Waals surface area (Å²) < 4.78 is 15.1. The van der Waals surface area contributed by atoms with Crippen molar-refractivity contribution < 1.29 is 9.18 Å². The molecule has 144 valence electrons. The monoisotopic (exact) mass is 387 g/mol.